The maximum Gasteiger partial charge on any atom is 0.329 e. The average Bonchev–Trinajstić information content (AvgIpc) is 2.43. The molecule has 0 aliphatic carbocycles. The highest BCUT2D eigenvalue weighted by atomic mass is 35.5. The average molecular weight is 316 g/mol. The van der Waals surface area contributed by atoms with Gasteiger partial charge < -0.3 is 15.2 Å². The topological polar surface area (TPSA) is 75.6 Å². The molecule has 1 saturated heterocycles. The molecule has 0 saturated carbocycles. The number of halogens is 2. The molecule has 0 bridgehead atoms. The highest BCUT2D eigenvalue weighted by Crippen LogP contribution is 2.22. The van der Waals surface area contributed by atoms with E-state index in [0.717, 1.165) is 6.07 Å². The van der Waals surface area contributed by atoms with Crippen LogP contribution in [0.25, 0.3) is 0 Å². The van der Waals surface area contributed by atoms with Crippen LogP contribution in [0.3, 0.4) is 0 Å². The minimum absolute atomic E-state index is 0.102. The number of amides is 1. The van der Waals surface area contributed by atoms with Crippen LogP contribution in [-0.4, -0.2) is 35.7 Å². The van der Waals surface area contributed by atoms with Crippen LogP contribution >= 0.6 is 11.6 Å². The number of carboxylic acid groups (broad SMARTS) is 1. The van der Waals surface area contributed by atoms with Crippen molar-refractivity contribution in [1.29, 1.82) is 0 Å². The van der Waals surface area contributed by atoms with E-state index < -0.39 is 23.2 Å². The zero-order valence-corrected chi connectivity index (χ0v) is 12.0. The van der Waals surface area contributed by atoms with Gasteiger partial charge in [-0.15, -0.1) is 0 Å². The van der Waals surface area contributed by atoms with Gasteiger partial charge in [-0.1, -0.05) is 17.7 Å². The van der Waals surface area contributed by atoms with Crippen molar-refractivity contribution in [2.45, 2.75) is 24.8 Å². The lowest BCUT2D eigenvalue weighted by molar-refractivity contribution is -0.152. The van der Waals surface area contributed by atoms with Crippen molar-refractivity contribution in [3.63, 3.8) is 0 Å². The first-order chi connectivity index (χ1) is 9.93. The summed E-state index contributed by atoms with van der Waals surface area (Å²) in [5.41, 5.74) is -0.856. The fourth-order valence-electron chi connectivity index (χ4n) is 2.26. The number of hydrogen-bond donors (Lipinski definition) is 2. The molecule has 0 atom stereocenters. The second-order valence-electron chi connectivity index (χ2n) is 4.96. The Morgan fingerprint density at radius 1 is 1.38 bits per heavy atom. The summed E-state index contributed by atoms with van der Waals surface area (Å²) in [5, 5.41) is 12.0. The molecule has 0 unspecified atom stereocenters. The molecule has 114 valence electrons. The van der Waals surface area contributed by atoms with E-state index >= 15 is 0 Å². The Labute approximate surface area is 126 Å². The third-order valence-electron chi connectivity index (χ3n) is 3.50. The molecule has 1 amide bonds. The number of hydrogen-bond acceptors (Lipinski definition) is 3. The van der Waals surface area contributed by atoms with Gasteiger partial charge in [-0.3, -0.25) is 4.79 Å². The van der Waals surface area contributed by atoms with E-state index in [1.165, 1.54) is 12.1 Å². The van der Waals surface area contributed by atoms with Crippen LogP contribution in [-0.2, 0) is 20.7 Å². The fraction of sp³-hybridized carbons (Fsp3) is 0.429. The summed E-state index contributed by atoms with van der Waals surface area (Å²) in [6, 6.07) is 3.73. The monoisotopic (exact) mass is 315 g/mol. The van der Waals surface area contributed by atoms with Crippen molar-refractivity contribution in [1.82, 2.24) is 5.32 Å². The molecule has 1 fully saturated rings. The standard InChI is InChI=1S/C14H15ClFNO4/c15-11-8-10(16)2-1-9(11)7-12(18)17-14(13(19)20)3-5-21-6-4-14/h1-2,8H,3-7H2,(H,17,18)(H,19,20). The molecule has 1 aliphatic rings. The largest absolute Gasteiger partial charge is 0.480 e. The highest BCUT2D eigenvalue weighted by molar-refractivity contribution is 6.31. The van der Waals surface area contributed by atoms with Crippen molar-refractivity contribution < 1.29 is 23.8 Å². The zero-order valence-electron chi connectivity index (χ0n) is 11.2. The first-order valence-electron chi connectivity index (χ1n) is 6.49. The van der Waals surface area contributed by atoms with E-state index in [1.54, 1.807) is 0 Å². The predicted octanol–water partition coefficient (Wildman–Crippen LogP) is 1.77. The Morgan fingerprint density at radius 3 is 2.62 bits per heavy atom. The van der Waals surface area contributed by atoms with Crippen LogP contribution in [0.5, 0.6) is 0 Å². The summed E-state index contributed by atoms with van der Waals surface area (Å²) in [5.74, 6) is -2.03. The van der Waals surface area contributed by atoms with Gasteiger partial charge in [0.05, 0.1) is 6.42 Å². The van der Waals surface area contributed by atoms with Gasteiger partial charge in [-0.05, 0) is 17.7 Å². The first kappa shape index (κ1) is 15.7. The van der Waals surface area contributed by atoms with Gasteiger partial charge in [-0.25, -0.2) is 9.18 Å². The molecule has 0 aromatic heterocycles. The summed E-state index contributed by atoms with van der Waals surface area (Å²) in [6.07, 6.45) is 0.325. The Hall–Kier alpha value is -1.66. The number of carboxylic acids is 1. The summed E-state index contributed by atoms with van der Waals surface area (Å²) in [7, 11) is 0. The second kappa shape index (κ2) is 6.41. The molecular weight excluding hydrogens is 301 g/mol. The molecule has 7 heteroatoms. The Kier molecular flexibility index (Phi) is 4.80. The Morgan fingerprint density at radius 2 is 2.05 bits per heavy atom. The van der Waals surface area contributed by atoms with Crippen LogP contribution in [0.15, 0.2) is 18.2 Å². The van der Waals surface area contributed by atoms with Crippen LogP contribution in [0, 0.1) is 5.82 Å². The summed E-state index contributed by atoms with van der Waals surface area (Å²) >= 11 is 5.86. The van der Waals surface area contributed by atoms with Gasteiger partial charge in [0, 0.05) is 31.1 Å². The highest BCUT2D eigenvalue weighted by Gasteiger charge is 2.41. The summed E-state index contributed by atoms with van der Waals surface area (Å²) < 4.78 is 18.1. The van der Waals surface area contributed by atoms with E-state index in [0.29, 0.717) is 5.56 Å². The Balaban J connectivity index is 2.07. The molecule has 0 radical (unpaired) electrons. The number of nitrogens with one attached hydrogen (secondary N) is 1. The van der Waals surface area contributed by atoms with E-state index in [2.05, 4.69) is 5.32 Å². The molecule has 0 spiro atoms. The van der Waals surface area contributed by atoms with E-state index in [1.807, 2.05) is 0 Å². The van der Waals surface area contributed by atoms with E-state index in [-0.39, 0.29) is 37.5 Å². The maximum atomic E-state index is 12.9. The lowest BCUT2D eigenvalue weighted by atomic mass is 9.90. The lowest BCUT2D eigenvalue weighted by Gasteiger charge is -2.33. The van der Waals surface area contributed by atoms with Crippen molar-refractivity contribution in [2.24, 2.45) is 0 Å². The Bertz CT molecular complexity index is 558. The van der Waals surface area contributed by atoms with Crippen molar-refractivity contribution in [3.8, 4) is 0 Å². The minimum Gasteiger partial charge on any atom is -0.480 e. The molecule has 1 aromatic carbocycles. The summed E-state index contributed by atoms with van der Waals surface area (Å²) in [4.78, 5) is 23.5. The molecular formula is C14H15ClFNO4. The molecule has 21 heavy (non-hydrogen) atoms. The SMILES string of the molecule is O=C(Cc1ccc(F)cc1Cl)NC1(C(=O)O)CCOCC1. The van der Waals surface area contributed by atoms with E-state index in [4.69, 9.17) is 16.3 Å². The normalized spacial score (nSPS) is 17.2. The molecule has 1 aliphatic heterocycles. The fourth-order valence-corrected chi connectivity index (χ4v) is 2.50. The van der Waals surface area contributed by atoms with Gasteiger partial charge in [0.15, 0.2) is 0 Å². The van der Waals surface area contributed by atoms with Crippen LogP contribution in [0.2, 0.25) is 5.02 Å². The van der Waals surface area contributed by atoms with Gasteiger partial charge in [0.1, 0.15) is 11.4 Å². The molecule has 1 heterocycles. The second-order valence-corrected chi connectivity index (χ2v) is 5.37. The van der Waals surface area contributed by atoms with Gasteiger partial charge >= 0.3 is 5.97 Å². The van der Waals surface area contributed by atoms with Crippen LogP contribution in [0.4, 0.5) is 4.39 Å². The number of rotatable bonds is 4. The van der Waals surface area contributed by atoms with Crippen molar-refractivity contribution in [3.05, 3.63) is 34.6 Å². The minimum atomic E-state index is -1.30. The third-order valence-corrected chi connectivity index (χ3v) is 3.85. The molecule has 2 N–H and O–H groups in total. The molecule has 5 nitrogen and oxygen atoms in total. The quantitative estimate of drug-likeness (QED) is 0.888. The molecule has 2 rings (SSSR count). The predicted molar refractivity (Wildman–Crippen MR) is 73.7 cm³/mol. The number of aliphatic carboxylic acids is 1. The zero-order chi connectivity index (χ0) is 15.5. The lowest BCUT2D eigenvalue weighted by Crippen LogP contribution is -2.57. The number of carbonyl (C=O) groups is 2. The van der Waals surface area contributed by atoms with Crippen LogP contribution < -0.4 is 5.32 Å². The number of carbonyl (C=O) groups excluding carboxylic acids is 1. The maximum absolute atomic E-state index is 12.9. The van der Waals surface area contributed by atoms with Gasteiger partial charge in [0.2, 0.25) is 5.91 Å². The van der Waals surface area contributed by atoms with E-state index in [9.17, 15) is 19.1 Å². The first-order valence-corrected chi connectivity index (χ1v) is 6.87. The number of benzene rings is 1. The summed E-state index contributed by atoms with van der Waals surface area (Å²) in [6.45, 7) is 0.563. The van der Waals surface area contributed by atoms with Crippen molar-refractivity contribution in [2.75, 3.05) is 13.2 Å². The third kappa shape index (κ3) is 3.71. The van der Waals surface area contributed by atoms with Crippen LogP contribution in [0.1, 0.15) is 18.4 Å². The van der Waals surface area contributed by atoms with Crippen molar-refractivity contribution >= 4 is 23.5 Å². The molecule has 1 aromatic rings. The number of ether oxygens (including phenoxy) is 1. The van der Waals surface area contributed by atoms with Gasteiger partial charge in [-0.2, -0.15) is 0 Å². The van der Waals surface area contributed by atoms with Gasteiger partial charge in [0.25, 0.3) is 0 Å². The smallest absolute Gasteiger partial charge is 0.329 e.